The molecule has 0 aliphatic heterocycles. The van der Waals surface area contributed by atoms with E-state index in [0.29, 0.717) is 29.6 Å². The molecule has 0 aliphatic carbocycles. The highest BCUT2D eigenvalue weighted by Gasteiger charge is 2.12. The van der Waals surface area contributed by atoms with Crippen LogP contribution < -0.4 is 0 Å². The van der Waals surface area contributed by atoms with Gasteiger partial charge in [0.15, 0.2) is 0 Å². The Labute approximate surface area is 132 Å². The summed E-state index contributed by atoms with van der Waals surface area (Å²) >= 11 is 7.25. The van der Waals surface area contributed by atoms with E-state index in [2.05, 4.69) is 20.6 Å². The van der Waals surface area contributed by atoms with E-state index >= 15 is 0 Å². The molecule has 2 rings (SSSR count). The van der Waals surface area contributed by atoms with Crippen LogP contribution in [0.15, 0.2) is 24.3 Å². The molecular weight excluding hydrogens is 308 g/mol. The van der Waals surface area contributed by atoms with Crippen molar-refractivity contribution in [2.45, 2.75) is 13.1 Å². The third-order valence-corrected chi connectivity index (χ3v) is 3.94. The number of nitriles is 1. The van der Waals surface area contributed by atoms with Crippen LogP contribution in [-0.4, -0.2) is 34.7 Å². The van der Waals surface area contributed by atoms with Gasteiger partial charge in [-0.05, 0) is 17.7 Å². The van der Waals surface area contributed by atoms with Crippen molar-refractivity contribution in [3.05, 3.63) is 45.4 Å². The van der Waals surface area contributed by atoms with E-state index in [9.17, 15) is 0 Å². The normalized spacial score (nSPS) is 10.8. The third kappa shape index (κ3) is 4.76. The first-order chi connectivity index (χ1) is 10.2. The maximum absolute atomic E-state index is 8.96. The monoisotopic (exact) mass is 322 g/mol. The van der Waals surface area contributed by atoms with Crippen molar-refractivity contribution in [3.63, 3.8) is 0 Å². The molecule has 110 valence electrons. The minimum absolute atomic E-state index is 0.607. The number of ether oxygens (including phenoxy) is 1. The summed E-state index contributed by atoms with van der Waals surface area (Å²) in [7, 11) is 1.67. The lowest BCUT2D eigenvalue weighted by atomic mass is 10.1. The fourth-order valence-electron chi connectivity index (χ4n) is 1.93. The summed E-state index contributed by atoms with van der Waals surface area (Å²) in [5.74, 6) is 0. The second kappa shape index (κ2) is 8.05. The van der Waals surface area contributed by atoms with Gasteiger partial charge in [0, 0.05) is 38.3 Å². The Morgan fingerprint density at radius 1 is 1.43 bits per heavy atom. The van der Waals surface area contributed by atoms with Gasteiger partial charge in [0.05, 0.1) is 18.2 Å². The van der Waals surface area contributed by atoms with E-state index in [1.165, 1.54) is 11.5 Å². The molecule has 0 spiro atoms. The SMILES string of the molecule is COCCN(Cc1cccc(C#N)c1)Cc1nnsc1Cl. The molecule has 7 heteroatoms. The molecule has 1 heterocycles. The van der Waals surface area contributed by atoms with Crippen LogP contribution in [0.5, 0.6) is 0 Å². The molecule has 0 radical (unpaired) electrons. The van der Waals surface area contributed by atoms with Crippen LogP contribution in [0.4, 0.5) is 0 Å². The number of nitrogens with zero attached hydrogens (tertiary/aromatic N) is 4. The fraction of sp³-hybridized carbons (Fsp3) is 0.357. The third-order valence-electron chi connectivity index (χ3n) is 2.96. The van der Waals surface area contributed by atoms with Crippen LogP contribution in [0.2, 0.25) is 4.34 Å². The molecule has 0 fully saturated rings. The van der Waals surface area contributed by atoms with E-state index in [0.717, 1.165) is 17.8 Å². The molecule has 0 bridgehead atoms. The highest BCUT2D eigenvalue weighted by molar-refractivity contribution is 7.10. The van der Waals surface area contributed by atoms with Gasteiger partial charge in [-0.3, -0.25) is 4.90 Å². The summed E-state index contributed by atoms with van der Waals surface area (Å²) in [6.45, 7) is 2.68. The Kier molecular flexibility index (Phi) is 6.08. The van der Waals surface area contributed by atoms with Crippen LogP contribution in [0.1, 0.15) is 16.8 Å². The van der Waals surface area contributed by atoms with Gasteiger partial charge in [0.1, 0.15) is 10.0 Å². The van der Waals surface area contributed by atoms with Crippen molar-refractivity contribution in [3.8, 4) is 6.07 Å². The molecule has 21 heavy (non-hydrogen) atoms. The number of halogens is 1. The molecule has 0 aliphatic rings. The van der Waals surface area contributed by atoms with Crippen molar-refractivity contribution < 1.29 is 4.74 Å². The van der Waals surface area contributed by atoms with Crippen molar-refractivity contribution in [1.29, 1.82) is 5.26 Å². The average Bonchev–Trinajstić information content (AvgIpc) is 2.90. The number of aromatic nitrogens is 2. The van der Waals surface area contributed by atoms with Gasteiger partial charge in [-0.1, -0.05) is 28.2 Å². The van der Waals surface area contributed by atoms with Gasteiger partial charge < -0.3 is 4.74 Å². The highest BCUT2D eigenvalue weighted by Crippen LogP contribution is 2.20. The van der Waals surface area contributed by atoms with Crippen molar-refractivity contribution in [2.24, 2.45) is 0 Å². The topological polar surface area (TPSA) is 62.0 Å². The summed E-state index contributed by atoms with van der Waals surface area (Å²) in [6, 6.07) is 9.73. The standard InChI is InChI=1S/C14H15ClN4OS/c1-20-6-5-19(10-13-14(15)21-18-17-13)9-12-4-2-3-11(7-12)8-16/h2-4,7H,5-6,9-10H2,1H3. The summed E-state index contributed by atoms with van der Waals surface area (Å²) < 4.78 is 9.61. The Morgan fingerprint density at radius 2 is 2.29 bits per heavy atom. The van der Waals surface area contributed by atoms with Gasteiger partial charge in [-0.25, -0.2) is 0 Å². The van der Waals surface area contributed by atoms with Gasteiger partial charge in [0.25, 0.3) is 0 Å². The molecule has 0 saturated heterocycles. The molecular formula is C14H15ClN4OS. The lowest BCUT2D eigenvalue weighted by Crippen LogP contribution is -2.27. The largest absolute Gasteiger partial charge is 0.383 e. The van der Waals surface area contributed by atoms with Crippen molar-refractivity contribution in [1.82, 2.24) is 14.5 Å². The van der Waals surface area contributed by atoms with Crippen LogP contribution in [0.25, 0.3) is 0 Å². The van der Waals surface area contributed by atoms with Crippen LogP contribution in [-0.2, 0) is 17.8 Å². The summed E-state index contributed by atoms with van der Waals surface area (Å²) in [6.07, 6.45) is 0. The molecule has 0 saturated carbocycles. The molecule has 0 unspecified atom stereocenters. The molecule has 0 amide bonds. The number of hydrogen-bond donors (Lipinski definition) is 0. The van der Waals surface area contributed by atoms with Gasteiger partial charge in [-0.2, -0.15) is 5.26 Å². The fourth-order valence-corrected chi connectivity index (χ4v) is 2.55. The Morgan fingerprint density at radius 3 is 2.95 bits per heavy atom. The summed E-state index contributed by atoms with van der Waals surface area (Å²) in [5.41, 5.74) is 2.51. The summed E-state index contributed by atoms with van der Waals surface area (Å²) in [5, 5.41) is 13.0. The first-order valence-corrected chi connectivity index (χ1v) is 7.55. The van der Waals surface area contributed by atoms with Crippen molar-refractivity contribution >= 4 is 23.1 Å². The molecule has 0 atom stereocenters. The first kappa shape index (κ1) is 15.9. The van der Waals surface area contributed by atoms with Crippen molar-refractivity contribution in [2.75, 3.05) is 20.3 Å². The minimum Gasteiger partial charge on any atom is -0.383 e. The van der Waals surface area contributed by atoms with E-state index in [4.69, 9.17) is 21.6 Å². The van der Waals surface area contributed by atoms with Crippen LogP contribution in [0.3, 0.4) is 0 Å². The second-order valence-corrected chi connectivity index (χ2v) is 5.87. The summed E-state index contributed by atoms with van der Waals surface area (Å²) in [4.78, 5) is 2.17. The molecule has 1 aromatic carbocycles. The maximum atomic E-state index is 8.96. The van der Waals surface area contributed by atoms with E-state index in [1.807, 2.05) is 18.2 Å². The first-order valence-electron chi connectivity index (χ1n) is 6.40. The second-order valence-electron chi connectivity index (χ2n) is 4.51. The Hall–Kier alpha value is -1.52. The molecule has 0 N–H and O–H groups in total. The zero-order chi connectivity index (χ0) is 15.1. The number of rotatable bonds is 7. The Balaban J connectivity index is 2.08. The predicted octanol–water partition coefficient (Wildman–Crippen LogP) is 2.71. The Bertz CT molecular complexity index is 625. The lowest BCUT2D eigenvalue weighted by molar-refractivity contribution is 0.139. The lowest BCUT2D eigenvalue weighted by Gasteiger charge is -2.21. The predicted molar refractivity (Wildman–Crippen MR) is 82.1 cm³/mol. The number of benzene rings is 1. The molecule has 2 aromatic rings. The zero-order valence-electron chi connectivity index (χ0n) is 11.6. The maximum Gasteiger partial charge on any atom is 0.138 e. The number of methoxy groups -OCH3 is 1. The zero-order valence-corrected chi connectivity index (χ0v) is 13.2. The van der Waals surface area contributed by atoms with E-state index in [-0.39, 0.29) is 0 Å². The van der Waals surface area contributed by atoms with E-state index in [1.54, 1.807) is 13.2 Å². The van der Waals surface area contributed by atoms with Gasteiger partial charge in [0.2, 0.25) is 0 Å². The van der Waals surface area contributed by atoms with Crippen LogP contribution >= 0.6 is 23.1 Å². The van der Waals surface area contributed by atoms with E-state index < -0.39 is 0 Å². The molecule has 5 nitrogen and oxygen atoms in total. The van der Waals surface area contributed by atoms with Crippen LogP contribution in [0, 0.1) is 11.3 Å². The number of hydrogen-bond acceptors (Lipinski definition) is 6. The van der Waals surface area contributed by atoms with Gasteiger partial charge >= 0.3 is 0 Å². The highest BCUT2D eigenvalue weighted by atomic mass is 35.5. The molecule has 1 aromatic heterocycles. The van der Waals surface area contributed by atoms with Gasteiger partial charge in [-0.15, -0.1) is 5.10 Å². The minimum atomic E-state index is 0.607. The smallest absolute Gasteiger partial charge is 0.138 e. The average molecular weight is 323 g/mol. The quantitative estimate of drug-likeness (QED) is 0.784.